The third-order valence-electron chi connectivity index (χ3n) is 3.58. The number of H-pyrrole nitrogens is 1. The molecule has 1 aliphatic heterocycles. The zero-order chi connectivity index (χ0) is 10.8. The monoisotopic (exact) mass is 214 g/mol. The highest BCUT2D eigenvalue weighted by Gasteiger charge is 2.15. The predicted octanol–water partition coefficient (Wildman–Crippen LogP) is 2.71. The van der Waals surface area contributed by atoms with Crippen LogP contribution in [0, 0.1) is 5.92 Å². The number of piperidine rings is 1. The van der Waals surface area contributed by atoms with E-state index in [0.29, 0.717) is 0 Å². The normalized spacial score (nSPS) is 21.4. The summed E-state index contributed by atoms with van der Waals surface area (Å²) in [6.45, 7) is 2.38. The van der Waals surface area contributed by atoms with Gasteiger partial charge in [-0.25, -0.2) is 0 Å². The Bertz CT molecular complexity index is 466. The average molecular weight is 214 g/mol. The predicted molar refractivity (Wildman–Crippen MR) is 67.6 cm³/mol. The number of aromatic amines is 1. The Morgan fingerprint density at radius 3 is 3.06 bits per heavy atom. The zero-order valence-electron chi connectivity index (χ0n) is 9.50. The molecule has 2 heterocycles. The molecule has 0 unspecified atom stereocenters. The number of hydrogen-bond acceptors (Lipinski definition) is 1. The first-order valence-electron chi connectivity index (χ1n) is 6.19. The van der Waals surface area contributed by atoms with E-state index in [1.54, 1.807) is 0 Å². The smallest absolute Gasteiger partial charge is 0.0456 e. The maximum absolute atomic E-state index is 3.49. The van der Waals surface area contributed by atoms with Crippen LogP contribution in [-0.4, -0.2) is 18.1 Å². The van der Waals surface area contributed by atoms with Gasteiger partial charge in [-0.15, -0.1) is 0 Å². The van der Waals surface area contributed by atoms with Gasteiger partial charge in [-0.05, 0) is 49.9 Å². The SMILES string of the molecule is c1ccc2c(C[C@@H]3CCCNC3)c[nH]c2c1. The first-order chi connectivity index (χ1) is 7.93. The van der Waals surface area contributed by atoms with E-state index in [9.17, 15) is 0 Å². The summed E-state index contributed by atoms with van der Waals surface area (Å²) >= 11 is 0. The highest BCUT2D eigenvalue weighted by molar-refractivity contribution is 5.83. The molecule has 1 aliphatic rings. The van der Waals surface area contributed by atoms with Crippen LogP contribution in [0.1, 0.15) is 18.4 Å². The van der Waals surface area contributed by atoms with Crippen molar-refractivity contribution < 1.29 is 0 Å². The maximum atomic E-state index is 3.49. The zero-order valence-corrected chi connectivity index (χ0v) is 9.50. The highest BCUT2D eigenvalue weighted by atomic mass is 14.9. The van der Waals surface area contributed by atoms with Gasteiger partial charge in [0.2, 0.25) is 0 Å². The number of nitrogens with one attached hydrogen (secondary N) is 2. The molecule has 0 radical (unpaired) electrons. The fraction of sp³-hybridized carbons (Fsp3) is 0.429. The Morgan fingerprint density at radius 1 is 1.25 bits per heavy atom. The van der Waals surface area contributed by atoms with Crippen LogP contribution >= 0.6 is 0 Å². The van der Waals surface area contributed by atoms with Crippen LogP contribution in [0.15, 0.2) is 30.5 Å². The van der Waals surface area contributed by atoms with Gasteiger partial charge in [0, 0.05) is 17.1 Å². The van der Waals surface area contributed by atoms with Crippen molar-refractivity contribution in [3.8, 4) is 0 Å². The fourth-order valence-electron chi connectivity index (χ4n) is 2.71. The molecule has 1 fully saturated rings. The Morgan fingerprint density at radius 2 is 2.19 bits per heavy atom. The van der Waals surface area contributed by atoms with E-state index in [1.807, 2.05) is 0 Å². The first kappa shape index (κ1) is 9.91. The maximum Gasteiger partial charge on any atom is 0.0456 e. The number of fused-ring (bicyclic) bond motifs is 1. The lowest BCUT2D eigenvalue weighted by molar-refractivity contribution is 0.377. The van der Waals surface area contributed by atoms with Crippen molar-refractivity contribution in [2.45, 2.75) is 19.3 Å². The van der Waals surface area contributed by atoms with E-state index in [1.165, 1.54) is 48.8 Å². The average Bonchev–Trinajstić information content (AvgIpc) is 2.74. The molecule has 0 aliphatic carbocycles. The summed E-state index contributed by atoms with van der Waals surface area (Å²) in [6, 6.07) is 8.58. The topological polar surface area (TPSA) is 27.8 Å². The lowest BCUT2D eigenvalue weighted by atomic mass is 9.92. The highest BCUT2D eigenvalue weighted by Crippen LogP contribution is 2.23. The number of rotatable bonds is 2. The van der Waals surface area contributed by atoms with Crippen molar-refractivity contribution in [1.29, 1.82) is 0 Å². The van der Waals surface area contributed by atoms with Crippen LogP contribution in [0.3, 0.4) is 0 Å². The minimum atomic E-state index is 0.813. The molecular weight excluding hydrogens is 196 g/mol. The molecule has 1 aromatic carbocycles. The molecule has 1 saturated heterocycles. The van der Waals surface area contributed by atoms with Gasteiger partial charge in [-0.3, -0.25) is 0 Å². The molecule has 0 amide bonds. The fourth-order valence-corrected chi connectivity index (χ4v) is 2.71. The molecule has 0 bridgehead atoms. The van der Waals surface area contributed by atoms with E-state index in [2.05, 4.69) is 40.8 Å². The molecule has 0 spiro atoms. The molecule has 2 nitrogen and oxygen atoms in total. The Balaban J connectivity index is 1.83. The second kappa shape index (κ2) is 4.30. The molecule has 84 valence electrons. The van der Waals surface area contributed by atoms with Crippen LogP contribution in [0.5, 0.6) is 0 Å². The van der Waals surface area contributed by atoms with Gasteiger partial charge in [0.05, 0.1) is 0 Å². The molecular formula is C14H18N2. The largest absolute Gasteiger partial charge is 0.361 e. The number of para-hydroxylation sites is 1. The molecule has 3 rings (SSSR count). The van der Waals surface area contributed by atoms with Crippen molar-refractivity contribution in [2.75, 3.05) is 13.1 Å². The van der Waals surface area contributed by atoms with Crippen LogP contribution in [0.25, 0.3) is 10.9 Å². The third-order valence-corrected chi connectivity index (χ3v) is 3.58. The summed E-state index contributed by atoms with van der Waals surface area (Å²) in [5.74, 6) is 0.813. The van der Waals surface area contributed by atoms with Gasteiger partial charge >= 0.3 is 0 Å². The number of aromatic nitrogens is 1. The van der Waals surface area contributed by atoms with Crippen molar-refractivity contribution in [3.05, 3.63) is 36.0 Å². The van der Waals surface area contributed by atoms with Crippen LogP contribution in [0.2, 0.25) is 0 Å². The lowest BCUT2D eigenvalue weighted by Crippen LogP contribution is -2.30. The van der Waals surface area contributed by atoms with E-state index in [0.717, 1.165) is 5.92 Å². The minimum Gasteiger partial charge on any atom is -0.361 e. The molecule has 0 saturated carbocycles. The van der Waals surface area contributed by atoms with Crippen LogP contribution in [-0.2, 0) is 6.42 Å². The van der Waals surface area contributed by atoms with Gasteiger partial charge < -0.3 is 10.3 Å². The first-order valence-corrected chi connectivity index (χ1v) is 6.19. The Kier molecular flexibility index (Phi) is 2.66. The van der Waals surface area contributed by atoms with Gasteiger partial charge in [0.25, 0.3) is 0 Å². The van der Waals surface area contributed by atoms with Gasteiger partial charge in [0.1, 0.15) is 0 Å². The summed E-state index contributed by atoms with van der Waals surface area (Å²) in [5.41, 5.74) is 2.74. The summed E-state index contributed by atoms with van der Waals surface area (Å²) in [4.78, 5) is 3.36. The molecule has 2 heteroatoms. The quantitative estimate of drug-likeness (QED) is 0.790. The minimum absolute atomic E-state index is 0.813. The van der Waals surface area contributed by atoms with E-state index in [4.69, 9.17) is 0 Å². The van der Waals surface area contributed by atoms with E-state index < -0.39 is 0 Å². The molecule has 2 N–H and O–H groups in total. The van der Waals surface area contributed by atoms with Gasteiger partial charge in [-0.1, -0.05) is 18.2 Å². The van der Waals surface area contributed by atoms with E-state index in [-0.39, 0.29) is 0 Å². The summed E-state index contributed by atoms with van der Waals surface area (Å²) in [7, 11) is 0. The lowest BCUT2D eigenvalue weighted by Gasteiger charge is -2.22. The summed E-state index contributed by atoms with van der Waals surface area (Å²) < 4.78 is 0. The number of benzene rings is 1. The molecule has 1 atom stereocenters. The van der Waals surface area contributed by atoms with Crippen molar-refractivity contribution in [2.24, 2.45) is 5.92 Å². The Hall–Kier alpha value is -1.28. The van der Waals surface area contributed by atoms with Gasteiger partial charge in [-0.2, -0.15) is 0 Å². The second-order valence-electron chi connectivity index (χ2n) is 4.78. The summed E-state index contributed by atoms with van der Waals surface area (Å²) in [6.07, 6.45) is 6.08. The second-order valence-corrected chi connectivity index (χ2v) is 4.78. The third kappa shape index (κ3) is 1.85. The summed E-state index contributed by atoms with van der Waals surface area (Å²) in [5, 5.41) is 4.88. The molecule has 2 aromatic rings. The Labute approximate surface area is 96.1 Å². The van der Waals surface area contributed by atoms with Crippen molar-refractivity contribution in [3.63, 3.8) is 0 Å². The molecule has 16 heavy (non-hydrogen) atoms. The van der Waals surface area contributed by atoms with Crippen LogP contribution < -0.4 is 5.32 Å². The van der Waals surface area contributed by atoms with Crippen molar-refractivity contribution in [1.82, 2.24) is 10.3 Å². The van der Waals surface area contributed by atoms with Crippen molar-refractivity contribution >= 4 is 10.9 Å². The standard InChI is InChI=1S/C14H18N2/c1-2-6-14-13(5-1)12(10-16-14)8-11-4-3-7-15-9-11/h1-2,5-6,10-11,15-16H,3-4,7-9H2/t11-/m0/s1. The molecule has 1 aromatic heterocycles. The number of hydrogen-bond donors (Lipinski definition) is 2. The van der Waals surface area contributed by atoms with E-state index >= 15 is 0 Å². The van der Waals surface area contributed by atoms with Crippen LogP contribution in [0.4, 0.5) is 0 Å². The van der Waals surface area contributed by atoms with Gasteiger partial charge in [0.15, 0.2) is 0 Å².